The third-order valence-electron chi connectivity index (χ3n) is 8.22. The van der Waals surface area contributed by atoms with Crippen LogP contribution in [0.25, 0.3) is 0 Å². The summed E-state index contributed by atoms with van der Waals surface area (Å²) in [6.45, 7) is 5.62. The molecule has 0 spiro atoms. The Bertz CT molecular complexity index is 1300. The molecule has 0 bridgehead atoms. The fourth-order valence-corrected chi connectivity index (χ4v) is 6.53. The predicted molar refractivity (Wildman–Crippen MR) is 163 cm³/mol. The van der Waals surface area contributed by atoms with E-state index in [9.17, 15) is 18.0 Å². The van der Waals surface area contributed by atoms with Gasteiger partial charge in [-0.25, -0.2) is 4.72 Å². The van der Waals surface area contributed by atoms with Crippen LogP contribution in [0.1, 0.15) is 34.3 Å². The molecular formula is C30H39F3N6O4S. The van der Waals surface area contributed by atoms with Crippen molar-refractivity contribution in [1.82, 2.24) is 24.7 Å². The van der Waals surface area contributed by atoms with Crippen LogP contribution in [-0.2, 0) is 12.7 Å². The summed E-state index contributed by atoms with van der Waals surface area (Å²) < 4.78 is 58.3. The maximum Gasteiger partial charge on any atom is 0.416 e. The number of benzene rings is 2. The van der Waals surface area contributed by atoms with E-state index in [2.05, 4.69) is 19.8 Å². The Kier molecular flexibility index (Phi) is 10.4. The quantitative estimate of drug-likeness (QED) is 0.379. The second-order valence-electron chi connectivity index (χ2n) is 11.0. The third kappa shape index (κ3) is 7.71. The van der Waals surface area contributed by atoms with Gasteiger partial charge in [-0.05, 0) is 61.2 Å². The van der Waals surface area contributed by atoms with Crippen molar-refractivity contribution in [3.8, 4) is 17.2 Å². The van der Waals surface area contributed by atoms with Crippen molar-refractivity contribution in [2.24, 2.45) is 4.99 Å². The van der Waals surface area contributed by atoms with Gasteiger partial charge in [0.2, 0.25) is 5.75 Å². The highest BCUT2D eigenvalue weighted by Gasteiger charge is 2.31. The molecular weight excluding hydrogens is 597 g/mol. The van der Waals surface area contributed by atoms with Gasteiger partial charge in [0.25, 0.3) is 5.91 Å². The zero-order valence-electron chi connectivity index (χ0n) is 25.2. The molecule has 1 amide bonds. The molecule has 0 aliphatic carbocycles. The first kappa shape index (κ1) is 32.2. The molecule has 3 aliphatic rings. The minimum Gasteiger partial charge on any atom is -0.493 e. The summed E-state index contributed by atoms with van der Waals surface area (Å²) in [6.07, 6.45) is -2.23. The fraction of sp³-hybridized carbons (Fsp3) is 0.533. The van der Waals surface area contributed by atoms with Crippen molar-refractivity contribution < 1.29 is 32.2 Å². The number of piperazine rings is 1. The fourth-order valence-electron chi connectivity index (χ4n) is 5.81. The zero-order chi connectivity index (χ0) is 31.3. The number of halogens is 3. The van der Waals surface area contributed by atoms with E-state index >= 15 is 0 Å². The summed E-state index contributed by atoms with van der Waals surface area (Å²) in [6, 6.07) is 9.05. The van der Waals surface area contributed by atoms with Crippen LogP contribution in [0.5, 0.6) is 17.2 Å². The Morgan fingerprint density at radius 3 is 2.30 bits per heavy atom. The van der Waals surface area contributed by atoms with E-state index in [-0.39, 0.29) is 18.1 Å². The minimum atomic E-state index is -4.32. The number of amidine groups is 1. The number of rotatable bonds is 10. The lowest BCUT2D eigenvalue weighted by atomic mass is 10.1. The average Bonchev–Trinajstić information content (AvgIpc) is 3.67. The summed E-state index contributed by atoms with van der Waals surface area (Å²) in [5, 5.41) is 4.30. The van der Waals surface area contributed by atoms with E-state index in [4.69, 9.17) is 19.2 Å². The molecule has 3 fully saturated rings. The normalized spacial score (nSPS) is 22.3. The lowest BCUT2D eigenvalue weighted by molar-refractivity contribution is -0.137. The molecule has 3 heterocycles. The number of nitrogens with zero attached hydrogens (tertiary/aromatic N) is 4. The molecule has 2 N–H and O–H groups in total. The van der Waals surface area contributed by atoms with E-state index in [1.165, 1.54) is 33.3 Å². The molecule has 1 unspecified atom stereocenters. The van der Waals surface area contributed by atoms with Gasteiger partial charge in [0, 0.05) is 50.9 Å². The van der Waals surface area contributed by atoms with E-state index in [1.54, 1.807) is 24.3 Å². The van der Waals surface area contributed by atoms with Gasteiger partial charge in [0.05, 0.1) is 33.4 Å². The first-order valence-electron chi connectivity index (χ1n) is 14.6. The van der Waals surface area contributed by atoms with Crippen LogP contribution in [0.15, 0.2) is 41.4 Å². The smallest absolute Gasteiger partial charge is 0.416 e. The molecule has 14 heteroatoms. The molecule has 2 aromatic carbocycles. The van der Waals surface area contributed by atoms with Crippen LogP contribution in [0.3, 0.4) is 0 Å². The zero-order valence-corrected chi connectivity index (χ0v) is 26.0. The SMILES string of the molecule is COc1cc(C(=O)N2CCN(CC3NSC(=NC[C@@H]4CCCN4Cc4ccc(C(F)(F)F)cc4)N3)CC2)cc(OC)c1OC. The van der Waals surface area contributed by atoms with Gasteiger partial charge in [-0.1, -0.05) is 12.1 Å². The maximum absolute atomic E-state index is 13.3. The van der Waals surface area contributed by atoms with Crippen molar-refractivity contribution in [2.75, 3.05) is 67.1 Å². The van der Waals surface area contributed by atoms with Crippen molar-refractivity contribution in [3.63, 3.8) is 0 Å². The van der Waals surface area contributed by atoms with Crippen LogP contribution < -0.4 is 24.2 Å². The van der Waals surface area contributed by atoms with Gasteiger partial charge >= 0.3 is 6.18 Å². The molecule has 0 saturated carbocycles. The number of alkyl halides is 3. The van der Waals surface area contributed by atoms with E-state index in [0.717, 1.165) is 61.9 Å². The topological polar surface area (TPSA) is 90.9 Å². The Labute approximate surface area is 260 Å². The van der Waals surface area contributed by atoms with E-state index in [1.807, 2.05) is 4.90 Å². The molecule has 3 saturated heterocycles. The van der Waals surface area contributed by atoms with Gasteiger partial charge in [0.15, 0.2) is 16.7 Å². The first-order chi connectivity index (χ1) is 21.2. The number of carbonyl (C=O) groups excluding carboxylic acids is 1. The van der Waals surface area contributed by atoms with Crippen molar-refractivity contribution in [2.45, 2.75) is 37.8 Å². The Morgan fingerprint density at radius 2 is 1.68 bits per heavy atom. The summed E-state index contributed by atoms with van der Waals surface area (Å²) in [7, 11) is 4.59. The predicted octanol–water partition coefficient (Wildman–Crippen LogP) is 3.68. The van der Waals surface area contributed by atoms with E-state index < -0.39 is 11.7 Å². The van der Waals surface area contributed by atoms with Crippen LogP contribution in [-0.4, -0.2) is 105 Å². The second-order valence-corrected chi connectivity index (χ2v) is 11.9. The largest absolute Gasteiger partial charge is 0.493 e. The van der Waals surface area contributed by atoms with Gasteiger partial charge in [0.1, 0.15) is 6.17 Å². The number of amides is 1. The molecule has 2 aromatic rings. The number of likely N-dealkylation sites (tertiary alicyclic amines) is 1. The molecule has 0 radical (unpaired) electrons. The number of hydrogen-bond donors (Lipinski definition) is 2. The number of carbonyl (C=O) groups is 1. The molecule has 3 aliphatic heterocycles. The lowest BCUT2D eigenvalue weighted by Crippen LogP contribution is -2.53. The van der Waals surface area contributed by atoms with Gasteiger partial charge in [-0.15, -0.1) is 0 Å². The lowest BCUT2D eigenvalue weighted by Gasteiger charge is -2.35. The number of aliphatic imine (C=N–C) groups is 1. The molecule has 240 valence electrons. The number of methoxy groups -OCH3 is 3. The molecule has 0 aromatic heterocycles. The summed E-state index contributed by atoms with van der Waals surface area (Å²) in [4.78, 5) is 24.5. The molecule has 2 atom stereocenters. The standard InChI is InChI=1S/C30H39F3N6O4S/c1-41-24-15-21(16-25(42-2)27(24)43-3)28(40)38-13-11-37(12-14-38)19-26-35-29(44-36-26)34-17-23-5-4-10-39(23)18-20-6-8-22(9-7-20)30(31,32)33/h6-9,15-16,23,26,36H,4-5,10-14,17-19H2,1-3H3,(H,34,35)/t23-,26?/m0/s1. The van der Waals surface area contributed by atoms with Crippen LogP contribution in [0.2, 0.25) is 0 Å². The second kappa shape index (κ2) is 14.3. The Morgan fingerprint density at radius 1 is 1.00 bits per heavy atom. The Hall–Kier alpha value is -3.20. The van der Waals surface area contributed by atoms with Gasteiger partial charge in [-0.3, -0.25) is 19.6 Å². The molecule has 44 heavy (non-hydrogen) atoms. The summed E-state index contributed by atoms with van der Waals surface area (Å²) in [5.41, 5.74) is 0.741. The van der Waals surface area contributed by atoms with Gasteiger partial charge in [-0.2, -0.15) is 13.2 Å². The van der Waals surface area contributed by atoms with Crippen molar-refractivity contribution in [1.29, 1.82) is 0 Å². The highest BCUT2D eigenvalue weighted by molar-refractivity contribution is 8.12. The molecule has 5 rings (SSSR count). The maximum atomic E-state index is 13.3. The van der Waals surface area contributed by atoms with Gasteiger partial charge < -0.3 is 24.4 Å². The highest BCUT2D eigenvalue weighted by atomic mass is 32.2. The first-order valence-corrected chi connectivity index (χ1v) is 15.4. The van der Waals surface area contributed by atoms with E-state index in [0.29, 0.717) is 49.0 Å². The average molecular weight is 637 g/mol. The Balaban J connectivity index is 1.07. The third-order valence-corrected chi connectivity index (χ3v) is 9.06. The van der Waals surface area contributed by atoms with Crippen LogP contribution in [0.4, 0.5) is 13.2 Å². The number of ether oxygens (including phenoxy) is 3. The number of nitrogens with one attached hydrogen (secondary N) is 2. The van der Waals surface area contributed by atoms with Crippen LogP contribution in [0, 0.1) is 0 Å². The highest BCUT2D eigenvalue weighted by Crippen LogP contribution is 2.38. The monoisotopic (exact) mass is 636 g/mol. The minimum absolute atomic E-state index is 0.0305. The van der Waals surface area contributed by atoms with Crippen molar-refractivity contribution in [3.05, 3.63) is 53.1 Å². The summed E-state index contributed by atoms with van der Waals surface area (Å²) >= 11 is 1.48. The number of hydrogen-bond acceptors (Lipinski definition) is 9. The van der Waals surface area contributed by atoms with Crippen LogP contribution >= 0.6 is 11.9 Å². The van der Waals surface area contributed by atoms with Crippen molar-refractivity contribution >= 4 is 23.0 Å². The summed E-state index contributed by atoms with van der Waals surface area (Å²) in [5.74, 6) is 1.27. The molecule has 10 nitrogen and oxygen atoms in total.